The second-order valence-electron chi connectivity index (χ2n) is 3.76. The molecule has 0 fully saturated rings. The highest BCUT2D eigenvalue weighted by molar-refractivity contribution is 5.46. The van der Waals surface area contributed by atoms with Gasteiger partial charge in [-0.05, 0) is 19.4 Å². The van der Waals surface area contributed by atoms with Crippen molar-refractivity contribution < 1.29 is 14.4 Å². The molecule has 0 saturated carbocycles. The molecule has 0 aromatic heterocycles. The van der Waals surface area contributed by atoms with Gasteiger partial charge in [0.05, 0.1) is 30.3 Å². The van der Waals surface area contributed by atoms with E-state index in [1.165, 1.54) is 12.1 Å². The molecule has 1 rings (SSSR count). The van der Waals surface area contributed by atoms with Crippen LogP contribution in [-0.2, 0) is 0 Å². The van der Waals surface area contributed by atoms with Crippen LogP contribution in [0.2, 0.25) is 0 Å². The lowest BCUT2D eigenvalue weighted by molar-refractivity contribution is -0.385. The van der Waals surface area contributed by atoms with E-state index in [1.54, 1.807) is 6.07 Å². The first-order valence-electron chi connectivity index (χ1n) is 5.92. The van der Waals surface area contributed by atoms with Gasteiger partial charge in [-0.25, -0.2) is 0 Å². The normalized spacial score (nSPS) is 10.1. The Morgan fingerprint density at radius 1 is 1.22 bits per heavy atom. The van der Waals surface area contributed by atoms with E-state index in [1.807, 2.05) is 6.92 Å². The van der Waals surface area contributed by atoms with E-state index < -0.39 is 4.92 Å². The minimum absolute atomic E-state index is 0.0358. The number of hydrogen-bond acceptors (Lipinski definition) is 5. The van der Waals surface area contributed by atoms with Crippen LogP contribution in [0.25, 0.3) is 0 Å². The van der Waals surface area contributed by atoms with Gasteiger partial charge in [0.15, 0.2) is 0 Å². The predicted octanol–water partition coefficient (Wildman–Crippen LogP) is 2.11. The van der Waals surface area contributed by atoms with E-state index in [0.29, 0.717) is 37.7 Å². The van der Waals surface area contributed by atoms with Crippen LogP contribution < -0.4 is 15.2 Å². The van der Waals surface area contributed by atoms with E-state index in [9.17, 15) is 10.1 Å². The zero-order valence-corrected chi connectivity index (χ0v) is 10.4. The topological polar surface area (TPSA) is 87.6 Å². The molecule has 0 atom stereocenters. The molecule has 0 saturated heterocycles. The van der Waals surface area contributed by atoms with Crippen LogP contribution in [-0.4, -0.2) is 24.7 Å². The first kappa shape index (κ1) is 14.2. The fourth-order valence-corrected chi connectivity index (χ4v) is 1.32. The molecule has 100 valence electrons. The van der Waals surface area contributed by atoms with Gasteiger partial charge in [0.1, 0.15) is 11.5 Å². The van der Waals surface area contributed by atoms with Crippen LogP contribution in [0, 0.1) is 10.1 Å². The van der Waals surface area contributed by atoms with Crippen molar-refractivity contribution in [2.75, 3.05) is 19.8 Å². The summed E-state index contributed by atoms with van der Waals surface area (Å²) >= 11 is 0. The number of rotatable bonds is 8. The van der Waals surface area contributed by atoms with Crippen LogP contribution in [0.1, 0.15) is 19.8 Å². The van der Waals surface area contributed by atoms with Crippen LogP contribution in [0.15, 0.2) is 18.2 Å². The summed E-state index contributed by atoms with van der Waals surface area (Å²) in [6.45, 7) is 3.44. The average molecular weight is 254 g/mol. The van der Waals surface area contributed by atoms with Crippen LogP contribution in [0.5, 0.6) is 11.5 Å². The monoisotopic (exact) mass is 254 g/mol. The van der Waals surface area contributed by atoms with Gasteiger partial charge in [-0.3, -0.25) is 10.1 Å². The molecule has 0 radical (unpaired) electrons. The first-order valence-corrected chi connectivity index (χ1v) is 5.92. The third kappa shape index (κ3) is 4.58. The summed E-state index contributed by atoms with van der Waals surface area (Å²) in [5.74, 6) is 0.887. The number of benzene rings is 1. The lowest BCUT2D eigenvalue weighted by atomic mass is 10.3. The van der Waals surface area contributed by atoms with Gasteiger partial charge >= 0.3 is 0 Å². The Hall–Kier alpha value is -1.82. The summed E-state index contributed by atoms with van der Waals surface area (Å²) < 4.78 is 10.8. The minimum Gasteiger partial charge on any atom is -0.493 e. The molecule has 18 heavy (non-hydrogen) atoms. The molecule has 0 aliphatic carbocycles. The van der Waals surface area contributed by atoms with Gasteiger partial charge in [0, 0.05) is 6.07 Å². The van der Waals surface area contributed by atoms with Crippen molar-refractivity contribution in [1.82, 2.24) is 0 Å². The van der Waals surface area contributed by atoms with Gasteiger partial charge in [-0.15, -0.1) is 0 Å². The number of nitro groups is 1. The maximum absolute atomic E-state index is 10.8. The van der Waals surface area contributed by atoms with E-state index in [2.05, 4.69) is 0 Å². The number of ether oxygens (including phenoxy) is 2. The Morgan fingerprint density at radius 3 is 2.33 bits per heavy atom. The Balaban J connectivity index is 2.80. The van der Waals surface area contributed by atoms with Gasteiger partial charge in [0.25, 0.3) is 5.69 Å². The molecule has 1 aromatic carbocycles. The number of nitrogens with two attached hydrogens (primary N) is 1. The summed E-state index contributed by atoms with van der Waals surface area (Å²) in [5, 5.41) is 10.8. The van der Waals surface area contributed by atoms with E-state index in [0.717, 1.165) is 6.42 Å². The molecule has 0 spiro atoms. The molecule has 6 nitrogen and oxygen atoms in total. The van der Waals surface area contributed by atoms with Crippen molar-refractivity contribution in [3.8, 4) is 11.5 Å². The fourth-order valence-electron chi connectivity index (χ4n) is 1.32. The molecule has 0 amide bonds. The summed E-state index contributed by atoms with van der Waals surface area (Å²) in [5.41, 5.74) is 5.32. The van der Waals surface area contributed by atoms with Gasteiger partial charge in [-0.2, -0.15) is 0 Å². The summed E-state index contributed by atoms with van der Waals surface area (Å²) in [6, 6.07) is 4.43. The lowest BCUT2D eigenvalue weighted by Crippen LogP contribution is -2.06. The maximum Gasteiger partial charge on any atom is 0.276 e. The predicted molar refractivity (Wildman–Crippen MR) is 68.0 cm³/mol. The number of nitro benzene ring substituents is 1. The van der Waals surface area contributed by atoms with E-state index in [4.69, 9.17) is 15.2 Å². The third-order valence-electron chi connectivity index (χ3n) is 2.17. The Bertz CT molecular complexity index is 396. The summed E-state index contributed by atoms with van der Waals surface area (Å²) in [4.78, 5) is 10.3. The molecular weight excluding hydrogens is 236 g/mol. The standard InChI is InChI=1S/C12H18N2O4/c1-2-5-17-11-7-10(14(15)16)8-12(9-11)18-6-3-4-13/h7-9H,2-6,13H2,1H3. The van der Waals surface area contributed by atoms with Crippen molar-refractivity contribution in [3.63, 3.8) is 0 Å². The molecule has 1 aromatic rings. The molecule has 0 aliphatic heterocycles. The van der Waals surface area contributed by atoms with E-state index in [-0.39, 0.29) is 5.69 Å². The van der Waals surface area contributed by atoms with Crippen molar-refractivity contribution in [3.05, 3.63) is 28.3 Å². The lowest BCUT2D eigenvalue weighted by Gasteiger charge is -2.09. The third-order valence-corrected chi connectivity index (χ3v) is 2.17. The number of non-ortho nitro benzene ring substituents is 1. The van der Waals surface area contributed by atoms with Gasteiger partial charge in [-0.1, -0.05) is 6.92 Å². The van der Waals surface area contributed by atoms with Crippen molar-refractivity contribution >= 4 is 5.69 Å². The van der Waals surface area contributed by atoms with Crippen LogP contribution in [0.4, 0.5) is 5.69 Å². The SMILES string of the molecule is CCCOc1cc(OCCCN)cc([N+](=O)[O-])c1. The van der Waals surface area contributed by atoms with Gasteiger partial charge in [0.2, 0.25) is 0 Å². The van der Waals surface area contributed by atoms with Crippen molar-refractivity contribution in [1.29, 1.82) is 0 Å². The summed E-state index contributed by atoms with van der Waals surface area (Å²) in [7, 11) is 0. The Kier molecular flexibility index (Phi) is 5.93. The Morgan fingerprint density at radius 2 is 1.83 bits per heavy atom. The van der Waals surface area contributed by atoms with E-state index >= 15 is 0 Å². The number of hydrogen-bond donors (Lipinski definition) is 1. The minimum atomic E-state index is -0.464. The second kappa shape index (κ2) is 7.50. The number of nitrogens with zero attached hydrogens (tertiary/aromatic N) is 1. The molecule has 6 heteroatoms. The highest BCUT2D eigenvalue weighted by atomic mass is 16.6. The highest BCUT2D eigenvalue weighted by Crippen LogP contribution is 2.27. The van der Waals surface area contributed by atoms with Crippen LogP contribution >= 0.6 is 0 Å². The second-order valence-corrected chi connectivity index (χ2v) is 3.76. The smallest absolute Gasteiger partial charge is 0.276 e. The first-order chi connectivity index (χ1) is 8.67. The molecule has 2 N–H and O–H groups in total. The Labute approximate surface area is 106 Å². The summed E-state index contributed by atoms with van der Waals surface area (Å²) in [6.07, 6.45) is 1.54. The van der Waals surface area contributed by atoms with Gasteiger partial charge < -0.3 is 15.2 Å². The van der Waals surface area contributed by atoms with Crippen LogP contribution in [0.3, 0.4) is 0 Å². The largest absolute Gasteiger partial charge is 0.493 e. The zero-order chi connectivity index (χ0) is 13.4. The molecule has 0 heterocycles. The zero-order valence-electron chi connectivity index (χ0n) is 10.4. The maximum atomic E-state index is 10.8. The van der Waals surface area contributed by atoms with Crippen molar-refractivity contribution in [2.45, 2.75) is 19.8 Å². The highest BCUT2D eigenvalue weighted by Gasteiger charge is 2.11. The molecule has 0 bridgehead atoms. The molecule has 0 unspecified atom stereocenters. The fraction of sp³-hybridized carbons (Fsp3) is 0.500. The molecular formula is C12H18N2O4. The average Bonchev–Trinajstić information content (AvgIpc) is 2.36. The molecule has 0 aliphatic rings. The quantitative estimate of drug-likeness (QED) is 0.436. The van der Waals surface area contributed by atoms with Crippen molar-refractivity contribution in [2.24, 2.45) is 5.73 Å².